The molecule has 0 radical (unpaired) electrons. The standard InChI is InChI=1S/C16H15ClN2O2/c1-11-3-2-4-12(7-11)16(20)19-9-14(10-19)21-15-6-5-13(17)8-18-15/h2-8,14H,9-10H2,1H3. The van der Waals surface area contributed by atoms with E-state index in [1.807, 2.05) is 31.2 Å². The molecule has 1 aliphatic heterocycles. The second-order valence-corrected chi connectivity index (χ2v) is 5.57. The highest BCUT2D eigenvalue weighted by molar-refractivity contribution is 6.30. The van der Waals surface area contributed by atoms with Gasteiger partial charge in [-0.05, 0) is 25.1 Å². The maximum absolute atomic E-state index is 12.3. The number of hydrogen-bond acceptors (Lipinski definition) is 3. The minimum atomic E-state index is -0.00700. The predicted octanol–water partition coefficient (Wildman–Crippen LogP) is 2.95. The molecule has 1 saturated heterocycles. The summed E-state index contributed by atoms with van der Waals surface area (Å²) in [5, 5.41) is 0.576. The Morgan fingerprint density at radius 1 is 1.33 bits per heavy atom. The van der Waals surface area contributed by atoms with Crippen molar-refractivity contribution < 1.29 is 9.53 Å². The van der Waals surface area contributed by atoms with Gasteiger partial charge in [-0.2, -0.15) is 0 Å². The van der Waals surface area contributed by atoms with E-state index in [1.54, 1.807) is 23.2 Å². The molecular formula is C16H15ClN2O2. The number of benzene rings is 1. The largest absolute Gasteiger partial charge is 0.471 e. The van der Waals surface area contributed by atoms with Crippen LogP contribution in [0, 0.1) is 6.92 Å². The third-order valence-electron chi connectivity index (χ3n) is 3.39. The summed E-state index contributed by atoms with van der Waals surface area (Å²) < 4.78 is 5.68. The van der Waals surface area contributed by atoms with Gasteiger partial charge in [0, 0.05) is 17.8 Å². The average molecular weight is 303 g/mol. The molecule has 5 heteroatoms. The van der Waals surface area contributed by atoms with Gasteiger partial charge < -0.3 is 9.64 Å². The molecular weight excluding hydrogens is 288 g/mol. The Kier molecular flexibility index (Phi) is 3.80. The lowest BCUT2D eigenvalue weighted by Crippen LogP contribution is -2.56. The molecule has 0 saturated carbocycles. The Morgan fingerprint density at radius 3 is 2.81 bits per heavy atom. The van der Waals surface area contributed by atoms with Crippen LogP contribution in [0.5, 0.6) is 5.88 Å². The summed E-state index contributed by atoms with van der Waals surface area (Å²) >= 11 is 5.77. The van der Waals surface area contributed by atoms with E-state index >= 15 is 0 Å². The Morgan fingerprint density at radius 2 is 2.14 bits per heavy atom. The topological polar surface area (TPSA) is 42.4 Å². The quantitative estimate of drug-likeness (QED) is 0.875. The minimum absolute atomic E-state index is 0.00700. The highest BCUT2D eigenvalue weighted by atomic mass is 35.5. The predicted molar refractivity (Wildman–Crippen MR) is 80.7 cm³/mol. The Balaban J connectivity index is 1.56. The highest BCUT2D eigenvalue weighted by Crippen LogP contribution is 2.19. The number of rotatable bonds is 3. The van der Waals surface area contributed by atoms with Crippen molar-refractivity contribution in [2.75, 3.05) is 13.1 Å². The zero-order valence-corrected chi connectivity index (χ0v) is 12.4. The maximum atomic E-state index is 12.3. The van der Waals surface area contributed by atoms with Crippen molar-refractivity contribution in [2.24, 2.45) is 0 Å². The third-order valence-corrected chi connectivity index (χ3v) is 3.61. The number of nitrogens with zero attached hydrogens (tertiary/aromatic N) is 2. The van der Waals surface area contributed by atoms with Crippen LogP contribution in [0.15, 0.2) is 42.6 Å². The van der Waals surface area contributed by atoms with Crippen LogP contribution in [0.2, 0.25) is 5.02 Å². The molecule has 2 aromatic rings. The number of aromatic nitrogens is 1. The number of likely N-dealkylation sites (tertiary alicyclic amines) is 1. The van der Waals surface area contributed by atoms with Gasteiger partial charge in [0.15, 0.2) is 0 Å². The Labute approximate surface area is 128 Å². The molecule has 1 aromatic heterocycles. The first-order chi connectivity index (χ1) is 10.1. The Bertz CT molecular complexity index is 652. The van der Waals surface area contributed by atoms with E-state index < -0.39 is 0 Å². The molecule has 0 bridgehead atoms. The molecule has 108 valence electrons. The van der Waals surface area contributed by atoms with Crippen LogP contribution < -0.4 is 4.74 Å². The van der Waals surface area contributed by atoms with Crippen molar-refractivity contribution in [1.29, 1.82) is 0 Å². The van der Waals surface area contributed by atoms with Gasteiger partial charge in [0.05, 0.1) is 18.1 Å². The average Bonchev–Trinajstić information content (AvgIpc) is 2.44. The molecule has 21 heavy (non-hydrogen) atoms. The number of aryl methyl sites for hydroxylation is 1. The molecule has 3 rings (SSSR count). The summed E-state index contributed by atoms with van der Waals surface area (Å²) in [6, 6.07) is 11.1. The van der Waals surface area contributed by atoms with Crippen molar-refractivity contribution >= 4 is 17.5 Å². The lowest BCUT2D eigenvalue weighted by molar-refractivity contribution is 0.0160. The van der Waals surface area contributed by atoms with Crippen LogP contribution in [0.25, 0.3) is 0 Å². The van der Waals surface area contributed by atoms with Gasteiger partial charge in [-0.1, -0.05) is 29.3 Å². The molecule has 1 aromatic carbocycles. The van der Waals surface area contributed by atoms with Crippen molar-refractivity contribution in [2.45, 2.75) is 13.0 Å². The van der Waals surface area contributed by atoms with E-state index in [0.29, 0.717) is 24.0 Å². The van der Waals surface area contributed by atoms with E-state index in [-0.39, 0.29) is 12.0 Å². The van der Waals surface area contributed by atoms with E-state index in [2.05, 4.69) is 4.98 Å². The molecule has 0 aliphatic carbocycles. The first-order valence-electron chi connectivity index (χ1n) is 6.76. The molecule has 4 nitrogen and oxygen atoms in total. The van der Waals surface area contributed by atoms with Crippen LogP contribution in [-0.2, 0) is 0 Å². The van der Waals surface area contributed by atoms with Crippen molar-refractivity contribution in [3.63, 3.8) is 0 Å². The smallest absolute Gasteiger partial charge is 0.254 e. The molecule has 0 N–H and O–H groups in total. The number of pyridine rings is 1. The van der Waals surface area contributed by atoms with Gasteiger partial charge in [0.25, 0.3) is 5.91 Å². The normalized spacial score (nSPS) is 14.7. The first-order valence-corrected chi connectivity index (χ1v) is 7.14. The van der Waals surface area contributed by atoms with Gasteiger partial charge in [0.1, 0.15) is 6.10 Å². The summed E-state index contributed by atoms with van der Waals surface area (Å²) in [5.41, 5.74) is 1.80. The maximum Gasteiger partial charge on any atom is 0.254 e. The van der Waals surface area contributed by atoms with Gasteiger partial charge in [-0.15, -0.1) is 0 Å². The van der Waals surface area contributed by atoms with Crippen LogP contribution in [0.1, 0.15) is 15.9 Å². The highest BCUT2D eigenvalue weighted by Gasteiger charge is 2.33. The van der Waals surface area contributed by atoms with Crippen molar-refractivity contribution in [3.8, 4) is 5.88 Å². The first kappa shape index (κ1) is 13.9. The summed E-state index contributed by atoms with van der Waals surface area (Å²) in [4.78, 5) is 18.1. The molecule has 2 heterocycles. The zero-order chi connectivity index (χ0) is 14.8. The second kappa shape index (κ2) is 5.74. The number of carbonyl (C=O) groups excluding carboxylic acids is 1. The lowest BCUT2D eigenvalue weighted by Gasteiger charge is -2.38. The van der Waals surface area contributed by atoms with E-state index in [9.17, 15) is 4.79 Å². The summed E-state index contributed by atoms with van der Waals surface area (Å²) in [6.45, 7) is 3.14. The fourth-order valence-electron chi connectivity index (χ4n) is 2.24. The second-order valence-electron chi connectivity index (χ2n) is 5.13. The number of carbonyl (C=O) groups is 1. The van der Waals surface area contributed by atoms with Crippen LogP contribution in [0.3, 0.4) is 0 Å². The van der Waals surface area contributed by atoms with Gasteiger partial charge in [-0.3, -0.25) is 4.79 Å². The minimum Gasteiger partial charge on any atom is -0.471 e. The van der Waals surface area contributed by atoms with Crippen molar-refractivity contribution in [3.05, 3.63) is 58.7 Å². The van der Waals surface area contributed by atoms with Crippen LogP contribution in [-0.4, -0.2) is 35.0 Å². The number of halogens is 1. The van der Waals surface area contributed by atoms with Gasteiger partial charge in [0.2, 0.25) is 5.88 Å². The van der Waals surface area contributed by atoms with E-state index in [0.717, 1.165) is 11.1 Å². The molecule has 0 unspecified atom stereocenters. The van der Waals surface area contributed by atoms with Crippen LogP contribution in [0.4, 0.5) is 0 Å². The fraction of sp³-hybridized carbons (Fsp3) is 0.250. The summed E-state index contributed by atoms with van der Waals surface area (Å²) in [7, 11) is 0. The third kappa shape index (κ3) is 3.16. The van der Waals surface area contributed by atoms with Crippen LogP contribution >= 0.6 is 11.6 Å². The van der Waals surface area contributed by atoms with E-state index in [4.69, 9.17) is 16.3 Å². The lowest BCUT2D eigenvalue weighted by atomic mass is 10.1. The molecule has 1 aliphatic rings. The number of amides is 1. The zero-order valence-electron chi connectivity index (χ0n) is 11.6. The molecule has 1 fully saturated rings. The number of hydrogen-bond donors (Lipinski definition) is 0. The van der Waals surface area contributed by atoms with Crippen molar-refractivity contribution in [1.82, 2.24) is 9.88 Å². The van der Waals surface area contributed by atoms with Gasteiger partial charge in [-0.25, -0.2) is 4.98 Å². The summed E-state index contributed by atoms with van der Waals surface area (Å²) in [5.74, 6) is 0.578. The molecule has 1 amide bonds. The Hall–Kier alpha value is -2.07. The fourth-order valence-corrected chi connectivity index (χ4v) is 2.35. The van der Waals surface area contributed by atoms with E-state index in [1.165, 1.54) is 0 Å². The molecule has 0 spiro atoms. The summed E-state index contributed by atoms with van der Waals surface area (Å²) in [6.07, 6.45) is 1.54. The van der Waals surface area contributed by atoms with Gasteiger partial charge >= 0.3 is 0 Å². The number of ether oxygens (including phenoxy) is 1. The monoisotopic (exact) mass is 302 g/mol. The molecule has 0 atom stereocenters. The SMILES string of the molecule is Cc1cccc(C(=O)N2CC(Oc3ccc(Cl)cn3)C2)c1.